The van der Waals surface area contributed by atoms with E-state index in [2.05, 4.69) is 35.4 Å². The van der Waals surface area contributed by atoms with Crippen molar-refractivity contribution in [2.45, 2.75) is 13.8 Å². The van der Waals surface area contributed by atoms with Gasteiger partial charge in [0.05, 0.1) is 18.3 Å². The minimum Gasteiger partial charge on any atom is -0.493 e. The fraction of sp³-hybridized carbons (Fsp3) is 0.217. The quantitative estimate of drug-likeness (QED) is 0.670. The van der Waals surface area contributed by atoms with Crippen molar-refractivity contribution in [1.29, 1.82) is 0 Å². The van der Waals surface area contributed by atoms with Crippen LogP contribution in [0.15, 0.2) is 48.5 Å². The van der Waals surface area contributed by atoms with Crippen molar-refractivity contribution < 1.29 is 14.3 Å². The Balaban J connectivity index is 1.74. The van der Waals surface area contributed by atoms with Crippen LogP contribution >= 0.6 is 0 Å². The van der Waals surface area contributed by atoms with Crippen molar-refractivity contribution in [3.8, 4) is 11.5 Å². The Morgan fingerprint density at radius 1 is 1.07 bits per heavy atom. The molecule has 0 saturated carbocycles. The summed E-state index contributed by atoms with van der Waals surface area (Å²) in [6.45, 7) is 4.47. The maximum absolute atomic E-state index is 11.6. The van der Waals surface area contributed by atoms with Crippen LogP contribution in [0.1, 0.15) is 23.7 Å². The number of aryl methyl sites for hydroxylation is 1. The minimum atomic E-state index is -0.161. The lowest BCUT2D eigenvalue weighted by Gasteiger charge is -2.11. The largest absolute Gasteiger partial charge is 0.493 e. The van der Waals surface area contributed by atoms with E-state index >= 15 is 0 Å². The molecule has 3 rings (SSSR count). The second-order valence-corrected chi connectivity index (χ2v) is 6.42. The summed E-state index contributed by atoms with van der Waals surface area (Å²) in [5.41, 5.74) is 4.03. The number of carbonyl (C=O) groups is 1. The smallest absolute Gasteiger partial charge is 0.257 e. The summed E-state index contributed by atoms with van der Waals surface area (Å²) in [6, 6.07) is 15.9. The molecule has 0 aliphatic carbocycles. The first-order valence-electron chi connectivity index (χ1n) is 9.22. The zero-order valence-corrected chi connectivity index (χ0v) is 16.4. The lowest BCUT2D eigenvalue weighted by molar-refractivity contribution is -0.123. The number of rotatable bonds is 7. The number of methoxy groups -OCH3 is 1. The molecule has 1 N–H and O–H groups in total. The van der Waals surface area contributed by atoms with Gasteiger partial charge in [-0.15, -0.1) is 0 Å². The minimum absolute atomic E-state index is 0.0418. The zero-order chi connectivity index (χ0) is 19.9. The number of nitrogens with one attached hydrogen (secondary N) is 1. The lowest BCUT2D eigenvalue weighted by Crippen LogP contribution is -2.28. The van der Waals surface area contributed by atoms with Gasteiger partial charge in [0.15, 0.2) is 18.1 Å². The first-order valence-corrected chi connectivity index (χ1v) is 9.22. The van der Waals surface area contributed by atoms with Crippen LogP contribution in [0.4, 0.5) is 0 Å². The highest BCUT2D eigenvalue weighted by Crippen LogP contribution is 2.28. The van der Waals surface area contributed by atoms with Crippen molar-refractivity contribution in [3.63, 3.8) is 0 Å². The number of aromatic nitrogens is 1. The Morgan fingerprint density at radius 2 is 1.93 bits per heavy atom. The van der Waals surface area contributed by atoms with Gasteiger partial charge in [0, 0.05) is 11.9 Å². The Kier molecular flexibility index (Phi) is 6.27. The fourth-order valence-electron chi connectivity index (χ4n) is 2.83. The number of fused-ring (bicyclic) bond motifs is 1. The van der Waals surface area contributed by atoms with E-state index in [1.807, 2.05) is 43.3 Å². The first-order chi connectivity index (χ1) is 13.6. The van der Waals surface area contributed by atoms with Gasteiger partial charge in [-0.25, -0.2) is 4.98 Å². The predicted molar refractivity (Wildman–Crippen MR) is 113 cm³/mol. The number of ether oxygens (including phenoxy) is 2. The van der Waals surface area contributed by atoms with E-state index in [0.717, 1.165) is 22.2 Å². The van der Waals surface area contributed by atoms with Gasteiger partial charge in [-0.05, 0) is 55.8 Å². The molecule has 144 valence electrons. The van der Waals surface area contributed by atoms with Crippen LogP contribution in [-0.2, 0) is 4.79 Å². The third-order valence-electron chi connectivity index (χ3n) is 4.23. The number of pyridine rings is 1. The van der Waals surface area contributed by atoms with Crippen molar-refractivity contribution >= 4 is 29.0 Å². The molecule has 1 amide bonds. The summed E-state index contributed by atoms with van der Waals surface area (Å²) in [4.78, 5) is 16.2. The molecule has 0 fully saturated rings. The number of nitrogens with zero attached hydrogens (tertiary/aromatic N) is 1. The van der Waals surface area contributed by atoms with Crippen LogP contribution in [0.2, 0.25) is 0 Å². The van der Waals surface area contributed by atoms with E-state index in [1.54, 1.807) is 13.2 Å². The third kappa shape index (κ3) is 4.88. The zero-order valence-electron chi connectivity index (χ0n) is 16.4. The molecule has 0 aliphatic rings. The van der Waals surface area contributed by atoms with Gasteiger partial charge in [0.1, 0.15) is 0 Å². The van der Waals surface area contributed by atoms with Gasteiger partial charge in [-0.3, -0.25) is 4.79 Å². The molecule has 5 heteroatoms. The Bertz CT molecular complexity index is 1010. The maximum atomic E-state index is 11.6. The Labute approximate surface area is 165 Å². The van der Waals surface area contributed by atoms with E-state index in [4.69, 9.17) is 9.47 Å². The Morgan fingerprint density at radius 3 is 2.71 bits per heavy atom. The van der Waals surface area contributed by atoms with Gasteiger partial charge < -0.3 is 14.8 Å². The molecule has 5 nitrogen and oxygen atoms in total. The van der Waals surface area contributed by atoms with Crippen molar-refractivity contribution in [1.82, 2.24) is 10.3 Å². The third-order valence-corrected chi connectivity index (χ3v) is 4.23. The van der Waals surface area contributed by atoms with Crippen LogP contribution in [0, 0.1) is 6.92 Å². The molecule has 0 unspecified atom stereocenters. The van der Waals surface area contributed by atoms with Crippen LogP contribution in [0.25, 0.3) is 23.1 Å². The second-order valence-electron chi connectivity index (χ2n) is 6.42. The molecule has 0 bridgehead atoms. The normalized spacial score (nSPS) is 11.0. The first kappa shape index (κ1) is 19.4. The number of hydrogen-bond acceptors (Lipinski definition) is 4. The van der Waals surface area contributed by atoms with Gasteiger partial charge >= 0.3 is 0 Å². The van der Waals surface area contributed by atoms with Gasteiger partial charge in [-0.1, -0.05) is 29.8 Å². The van der Waals surface area contributed by atoms with Crippen molar-refractivity contribution in [2.24, 2.45) is 0 Å². The molecule has 1 heterocycles. The SMILES string of the molecule is CCNC(=O)COc1ccc(C=Cc2ccc3cc(C)ccc3n2)cc1OC. The standard InChI is InChI=1S/C23H24N2O3/c1-4-24-23(26)15-28-21-12-7-17(14-22(21)27-3)6-9-19-10-8-18-13-16(2)5-11-20(18)25-19/h5-14H,4,15H2,1-3H3,(H,24,26). The van der Waals surface area contributed by atoms with E-state index in [-0.39, 0.29) is 12.5 Å². The highest BCUT2D eigenvalue weighted by Gasteiger charge is 2.07. The van der Waals surface area contributed by atoms with Crippen molar-refractivity contribution in [2.75, 3.05) is 20.3 Å². The van der Waals surface area contributed by atoms with E-state index in [0.29, 0.717) is 18.0 Å². The van der Waals surface area contributed by atoms with Crippen LogP contribution in [-0.4, -0.2) is 31.2 Å². The van der Waals surface area contributed by atoms with Crippen molar-refractivity contribution in [3.05, 3.63) is 65.4 Å². The number of carbonyl (C=O) groups excluding carboxylic acids is 1. The summed E-state index contributed by atoms with van der Waals surface area (Å²) in [5, 5.41) is 3.83. The maximum Gasteiger partial charge on any atom is 0.257 e. The Hall–Kier alpha value is -3.34. The predicted octanol–water partition coefficient (Wildman–Crippen LogP) is 4.24. The summed E-state index contributed by atoms with van der Waals surface area (Å²) >= 11 is 0. The van der Waals surface area contributed by atoms with Crippen LogP contribution in [0.5, 0.6) is 11.5 Å². The van der Waals surface area contributed by atoms with E-state index in [9.17, 15) is 4.79 Å². The number of amides is 1. The molecule has 3 aromatic rings. The molecule has 0 spiro atoms. The van der Waals surface area contributed by atoms with Gasteiger partial charge in [0.25, 0.3) is 5.91 Å². The van der Waals surface area contributed by atoms with E-state index < -0.39 is 0 Å². The molecule has 2 aromatic carbocycles. The molecule has 1 aromatic heterocycles. The number of benzene rings is 2. The molecule has 0 atom stereocenters. The monoisotopic (exact) mass is 376 g/mol. The summed E-state index contributed by atoms with van der Waals surface area (Å²) in [5.74, 6) is 0.949. The van der Waals surface area contributed by atoms with Crippen LogP contribution in [0.3, 0.4) is 0 Å². The van der Waals surface area contributed by atoms with Gasteiger partial charge in [-0.2, -0.15) is 0 Å². The summed E-state index contributed by atoms with van der Waals surface area (Å²) in [6.07, 6.45) is 3.93. The van der Waals surface area contributed by atoms with E-state index in [1.165, 1.54) is 5.56 Å². The lowest BCUT2D eigenvalue weighted by atomic mass is 10.1. The second kappa shape index (κ2) is 9.04. The fourth-order valence-corrected chi connectivity index (χ4v) is 2.83. The van der Waals surface area contributed by atoms with Crippen LogP contribution < -0.4 is 14.8 Å². The summed E-state index contributed by atoms with van der Waals surface area (Å²) < 4.78 is 10.9. The molecular weight excluding hydrogens is 352 g/mol. The molecule has 28 heavy (non-hydrogen) atoms. The molecule has 0 saturated heterocycles. The topological polar surface area (TPSA) is 60.5 Å². The average Bonchev–Trinajstić information content (AvgIpc) is 2.71. The molecular formula is C23H24N2O3. The highest BCUT2D eigenvalue weighted by atomic mass is 16.5. The highest BCUT2D eigenvalue weighted by molar-refractivity contribution is 5.81. The number of hydrogen-bond donors (Lipinski definition) is 1. The number of likely N-dealkylation sites (N-methyl/N-ethyl adjacent to an activating group) is 1. The molecule has 0 radical (unpaired) electrons. The molecule has 0 aliphatic heterocycles. The summed E-state index contributed by atoms with van der Waals surface area (Å²) in [7, 11) is 1.58. The average molecular weight is 376 g/mol. The van der Waals surface area contributed by atoms with Gasteiger partial charge in [0.2, 0.25) is 0 Å².